The molecular weight excluding hydrogens is 220 g/mol. The molecule has 5 heteroatoms. The standard InChI is InChI=1S/C12H16N2O3/c1-2-8-13-12(17)14(9-11(15)16)10-6-4-3-5-7-10/h3-7H,2,8-9H2,1H3,(H,13,17)(H,15,16). The van der Waals surface area contributed by atoms with Gasteiger partial charge in [0, 0.05) is 12.2 Å². The van der Waals surface area contributed by atoms with Crippen molar-refractivity contribution in [2.24, 2.45) is 0 Å². The number of hydrogen-bond donors (Lipinski definition) is 2. The van der Waals surface area contributed by atoms with Crippen LogP contribution in [0.1, 0.15) is 13.3 Å². The maximum atomic E-state index is 11.8. The van der Waals surface area contributed by atoms with Gasteiger partial charge in [0.1, 0.15) is 6.54 Å². The predicted molar refractivity (Wildman–Crippen MR) is 65.1 cm³/mol. The maximum Gasteiger partial charge on any atom is 0.323 e. The van der Waals surface area contributed by atoms with E-state index in [0.29, 0.717) is 12.2 Å². The summed E-state index contributed by atoms with van der Waals surface area (Å²) in [6, 6.07) is 8.35. The zero-order chi connectivity index (χ0) is 12.7. The van der Waals surface area contributed by atoms with Crippen LogP contribution in [-0.4, -0.2) is 30.2 Å². The molecule has 0 aromatic heterocycles. The van der Waals surface area contributed by atoms with E-state index in [9.17, 15) is 9.59 Å². The van der Waals surface area contributed by atoms with Crippen LogP contribution in [0.5, 0.6) is 0 Å². The number of amides is 2. The van der Waals surface area contributed by atoms with Crippen molar-refractivity contribution in [1.82, 2.24) is 5.32 Å². The van der Waals surface area contributed by atoms with Crippen LogP contribution in [0, 0.1) is 0 Å². The first kappa shape index (κ1) is 13.0. The number of para-hydroxylation sites is 1. The number of nitrogens with one attached hydrogen (secondary N) is 1. The van der Waals surface area contributed by atoms with Gasteiger partial charge in [0.25, 0.3) is 0 Å². The number of carbonyl (C=O) groups excluding carboxylic acids is 1. The van der Waals surface area contributed by atoms with Crippen LogP contribution in [-0.2, 0) is 4.79 Å². The van der Waals surface area contributed by atoms with Crippen LogP contribution in [0.3, 0.4) is 0 Å². The predicted octanol–water partition coefficient (Wildman–Crippen LogP) is 1.70. The van der Waals surface area contributed by atoms with Crippen molar-refractivity contribution in [2.75, 3.05) is 18.0 Å². The van der Waals surface area contributed by atoms with E-state index in [0.717, 1.165) is 6.42 Å². The van der Waals surface area contributed by atoms with Gasteiger partial charge in [-0.3, -0.25) is 9.69 Å². The number of hydrogen-bond acceptors (Lipinski definition) is 2. The molecule has 1 aromatic rings. The van der Waals surface area contributed by atoms with Crippen molar-refractivity contribution in [2.45, 2.75) is 13.3 Å². The average Bonchev–Trinajstić information content (AvgIpc) is 2.34. The third kappa shape index (κ3) is 4.14. The molecule has 0 bridgehead atoms. The SMILES string of the molecule is CCCNC(=O)N(CC(=O)O)c1ccccc1. The van der Waals surface area contributed by atoms with E-state index in [4.69, 9.17) is 5.11 Å². The molecule has 5 nitrogen and oxygen atoms in total. The summed E-state index contributed by atoms with van der Waals surface area (Å²) in [5, 5.41) is 11.5. The van der Waals surface area contributed by atoms with Gasteiger partial charge in [0.05, 0.1) is 0 Å². The smallest absolute Gasteiger partial charge is 0.323 e. The molecule has 0 saturated heterocycles. The van der Waals surface area contributed by atoms with Crippen molar-refractivity contribution in [1.29, 1.82) is 0 Å². The van der Waals surface area contributed by atoms with E-state index in [2.05, 4.69) is 5.32 Å². The van der Waals surface area contributed by atoms with Crippen LogP contribution in [0.15, 0.2) is 30.3 Å². The van der Waals surface area contributed by atoms with Gasteiger partial charge < -0.3 is 10.4 Å². The lowest BCUT2D eigenvalue weighted by atomic mass is 10.3. The summed E-state index contributed by atoms with van der Waals surface area (Å²) in [4.78, 5) is 23.7. The van der Waals surface area contributed by atoms with Crippen molar-refractivity contribution in [3.63, 3.8) is 0 Å². The second-order valence-electron chi connectivity index (χ2n) is 3.55. The van der Waals surface area contributed by atoms with Gasteiger partial charge in [-0.05, 0) is 18.6 Å². The summed E-state index contributed by atoms with van der Waals surface area (Å²) in [5.41, 5.74) is 0.573. The highest BCUT2D eigenvalue weighted by atomic mass is 16.4. The van der Waals surface area contributed by atoms with E-state index in [-0.39, 0.29) is 12.6 Å². The highest BCUT2D eigenvalue weighted by Crippen LogP contribution is 2.12. The Balaban J connectivity index is 2.80. The van der Waals surface area contributed by atoms with E-state index in [1.54, 1.807) is 24.3 Å². The number of carboxylic acids is 1. The number of carbonyl (C=O) groups is 2. The molecule has 0 atom stereocenters. The summed E-state index contributed by atoms with van der Waals surface area (Å²) in [6.45, 7) is 2.12. The first-order valence-electron chi connectivity index (χ1n) is 5.47. The van der Waals surface area contributed by atoms with Gasteiger partial charge >= 0.3 is 12.0 Å². The first-order chi connectivity index (χ1) is 8.15. The monoisotopic (exact) mass is 236 g/mol. The molecule has 2 amide bonds. The molecule has 0 unspecified atom stereocenters. The van der Waals surface area contributed by atoms with Crippen molar-refractivity contribution in [3.05, 3.63) is 30.3 Å². The summed E-state index contributed by atoms with van der Waals surface area (Å²) in [6.07, 6.45) is 0.807. The van der Waals surface area contributed by atoms with E-state index in [1.807, 2.05) is 13.0 Å². The molecule has 92 valence electrons. The fraction of sp³-hybridized carbons (Fsp3) is 0.333. The molecule has 0 aliphatic heterocycles. The molecular formula is C12H16N2O3. The highest BCUT2D eigenvalue weighted by molar-refractivity contribution is 5.96. The number of aliphatic carboxylic acids is 1. The topological polar surface area (TPSA) is 69.6 Å². The Labute approximate surface area is 100 Å². The van der Waals surface area contributed by atoms with Gasteiger partial charge in [-0.15, -0.1) is 0 Å². The number of urea groups is 1. The van der Waals surface area contributed by atoms with Crippen molar-refractivity contribution >= 4 is 17.7 Å². The van der Waals surface area contributed by atoms with Crippen LogP contribution >= 0.6 is 0 Å². The molecule has 1 aromatic carbocycles. The Morgan fingerprint density at radius 2 is 1.94 bits per heavy atom. The highest BCUT2D eigenvalue weighted by Gasteiger charge is 2.17. The minimum atomic E-state index is -1.04. The summed E-state index contributed by atoms with van der Waals surface area (Å²) in [5.74, 6) is -1.04. The van der Waals surface area contributed by atoms with Crippen molar-refractivity contribution in [3.8, 4) is 0 Å². The zero-order valence-electron chi connectivity index (χ0n) is 9.72. The van der Waals surface area contributed by atoms with Crippen molar-refractivity contribution < 1.29 is 14.7 Å². The second-order valence-corrected chi connectivity index (χ2v) is 3.55. The van der Waals surface area contributed by atoms with E-state index < -0.39 is 5.97 Å². The van der Waals surface area contributed by atoms with Gasteiger partial charge in [-0.2, -0.15) is 0 Å². The Kier molecular flexibility index (Phi) is 5.00. The molecule has 0 aliphatic rings. The van der Waals surface area contributed by atoms with Gasteiger partial charge in [-0.25, -0.2) is 4.79 Å². The average molecular weight is 236 g/mol. The Hall–Kier alpha value is -2.04. The van der Waals surface area contributed by atoms with Gasteiger partial charge in [0.2, 0.25) is 0 Å². The molecule has 0 spiro atoms. The molecule has 2 N–H and O–H groups in total. The lowest BCUT2D eigenvalue weighted by Gasteiger charge is -2.21. The fourth-order valence-electron chi connectivity index (χ4n) is 1.35. The Bertz CT molecular complexity index is 379. The summed E-state index contributed by atoms with van der Waals surface area (Å²) < 4.78 is 0. The zero-order valence-corrected chi connectivity index (χ0v) is 9.72. The van der Waals surface area contributed by atoms with E-state index in [1.165, 1.54) is 4.90 Å². The van der Waals surface area contributed by atoms with Crippen LogP contribution in [0.25, 0.3) is 0 Å². The molecule has 0 radical (unpaired) electrons. The third-order valence-corrected chi connectivity index (χ3v) is 2.13. The minimum Gasteiger partial charge on any atom is -0.480 e. The molecule has 17 heavy (non-hydrogen) atoms. The maximum absolute atomic E-state index is 11.8. The van der Waals surface area contributed by atoms with E-state index >= 15 is 0 Å². The van der Waals surface area contributed by atoms with Crippen LogP contribution in [0.4, 0.5) is 10.5 Å². The van der Waals surface area contributed by atoms with Crippen LogP contribution < -0.4 is 10.2 Å². The summed E-state index contributed by atoms with van der Waals surface area (Å²) >= 11 is 0. The molecule has 0 fully saturated rings. The molecule has 0 aliphatic carbocycles. The number of rotatable bonds is 5. The molecule has 1 rings (SSSR count). The number of carboxylic acid groups (broad SMARTS) is 1. The van der Waals surface area contributed by atoms with Gasteiger partial charge in [-0.1, -0.05) is 25.1 Å². The third-order valence-electron chi connectivity index (χ3n) is 2.13. The largest absolute Gasteiger partial charge is 0.480 e. The quantitative estimate of drug-likeness (QED) is 0.817. The number of anilines is 1. The fourth-order valence-corrected chi connectivity index (χ4v) is 1.35. The Morgan fingerprint density at radius 1 is 1.29 bits per heavy atom. The van der Waals surface area contributed by atoms with Gasteiger partial charge in [0.15, 0.2) is 0 Å². The lowest BCUT2D eigenvalue weighted by molar-refractivity contribution is -0.135. The number of nitrogens with zero attached hydrogens (tertiary/aromatic N) is 1. The summed E-state index contributed by atoms with van der Waals surface area (Å²) in [7, 11) is 0. The number of benzene rings is 1. The second kappa shape index (κ2) is 6.52. The lowest BCUT2D eigenvalue weighted by Crippen LogP contribution is -2.43. The normalized spacial score (nSPS) is 9.71. The first-order valence-corrected chi connectivity index (χ1v) is 5.47. The molecule has 0 heterocycles. The molecule has 0 saturated carbocycles. The van der Waals surface area contributed by atoms with Crippen LogP contribution in [0.2, 0.25) is 0 Å². The minimum absolute atomic E-state index is 0.348. The Morgan fingerprint density at radius 3 is 2.47 bits per heavy atom.